The lowest BCUT2D eigenvalue weighted by Crippen LogP contribution is -2.13. The van der Waals surface area contributed by atoms with Gasteiger partial charge in [0.1, 0.15) is 35.7 Å². The monoisotopic (exact) mass is 490 g/mol. The number of epoxide rings is 1. The molecule has 1 unspecified atom stereocenters. The molecule has 1 fully saturated rings. The minimum atomic E-state index is 0.202. The molecule has 188 valence electrons. The molecule has 1 atom stereocenters. The number of phenols is 1. The second-order valence-corrected chi connectivity index (χ2v) is 8.45. The van der Waals surface area contributed by atoms with Crippen LogP contribution >= 0.6 is 0 Å². The topological polar surface area (TPSA) is 78.9 Å². The van der Waals surface area contributed by atoms with Crippen molar-refractivity contribution in [2.24, 2.45) is 0 Å². The molecule has 1 N–H and O–H groups in total. The molecule has 1 aliphatic heterocycles. The summed E-state index contributed by atoms with van der Waals surface area (Å²) in [6, 6.07) is 22.9. The van der Waals surface area contributed by atoms with Crippen molar-refractivity contribution in [3.05, 3.63) is 72.8 Å². The van der Waals surface area contributed by atoms with Gasteiger partial charge >= 0.3 is 0 Å². The van der Waals surface area contributed by atoms with Crippen LogP contribution in [-0.4, -0.2) is 64.1 Å². The van der Waals surface area contributed by atoms with E-state index in [0.29, 0.717) is 63.1 Å². The van der Waals surface area contributed by atoms with Crippen LogP contribution in [0.4, 0.5) is 0 Å². The molecule has 0 saturated carbocycles. The van der Waals surface area contributed by atoms with E-state index in [9.17, 15) is 5.11 Å². The molecule has 7 nitrogen and oxygen atoms in total. The van der Waals surface area contributed by atoms with Gasteiger partial charge in [-0.3, -0.25) is 0 Å². The number of ether oxygens (including phenoxy) is 6. The normalized spacial score (nSPS) is 14.8. The number of aromatic hydroxyl groups is 1. The van der Waals surface area contributed by atoms with E-state index in [1.807, 2.05) is 72.8 Å². The second kappa shape index (κ2) is 12.1. The standard InChI is InChI=1S/C29H30O7/c30-28-24-8-4-5-9-25(24)29(34-17-16-32-13-12-31-14-15-33-19-23-20-35-23)26-11-10-22(18-27(26)28)36-21-6-2-1-3-7-21/h1-11,18,23,30H,12-17,19-20H2. The van der Waals surface area contributed by atoms with Gasteiger partial charge in [-0.05, 0) is 30.3 Å². The molecule has 36 heavy (non-hydrogen) atoms. The predicted octanol–water partition coefficient (Wildman–Crippen LogP) is 5.32. The Morgan fingerprint density at radius 2 is 1.31 bits per heavy atom. The number of para-hydroxylation sites is 1. The molecule has 0 bridgehead atoms. The van der Waals surface area contributed by atoms with Crippen LogP contribution in [0.1, 0.15) is 0 Å². The number of benzene rings is 4. The number of hydrogen-bond acceptors (Lipinski definition) is 7. The minimum absolute atomic E-state index is 0.202. The maximum atomic E-state index is 11.0. The molecular formula is C29H30O7. The maximum absolute atomic E-state index is 11.0. The van der Waals surface area contributed by atoms with Gasteiger partial charge in [-0.2, -0.15) is 0 Å². The highest BCUT2D eigenvalue weighted by atomic mass is 16.6. The van der Waals surface area contributed by atoms with Gasteiger partial charge in [0.05, 0.1) is 46.2 Å². The molecule has 1 aliphatic rings. The smallest absolute Gasteiger partial charge is 0.135 e. The van der Waals surface area contributed by atoms with Crippen molar-refractivity contribution < 1.29 is 33.5 Å². The Morgan fingerprint density at radius 3 is 2.06 bits per heavy atom. The summed E-state index contributed by atoms with van der Waals surface area (Å²) in [5.74, 6) is 2.28. The average molecular weight is 491 g/mol. The Balaban J connectivity index is 1.19. The number of phenolic OH excluding ortho intramolecular Hbond substituents is 1. The number of fused-ring (bicyclic) bond motifs is 2. The fourth-order valence-corrected chi connectivity index (χ4v) is 3.96. The highest BCUT2D eigenvalue weighted by Crippen LogP contribution is 2.43. The lowest BCUT2D eigenvalue weighted by atomic mass is 10.0. The first-order valence-corrected chi connectivity index (χ1v) is 12.2. The van der Waals surface area contributed by atoms with Gasteiger partial charge in [0.25, 0.3) is 0 Å². The van der Waals surface area contributed by atoms with Crippen molar-refractivity contribution >= 4 is 21.5 Å². The summed E-state index contributed by atoms with van der Waals surface area (Å²) in [5, 5.41) is 14.1. The first-order chi connectivity index (χ1) is 17.8. The van der Waals surface area contributed by atoms with Crippen LogP contribution in [0.15, 0.2) is 72.8 Å². The molecular weight excluding hydrogens is 460 g/mol. The molecule has 0 amide bonds. The van der Waals surface area contributed by atoms with Gasteiger partial charge in [-0.1, -0.05) is 42.5 Å². The van der Waals surface area contributed by atoms with Gasteiger partial charge in [0.15, 0.2) is 0 Å². The van der Waals surface area contributed by atoms with Crippen LogP contribution in [-0.2, 0) is 18.9 Å². The molecule has 4 aromatic rings. The van der Waals surface area contributed by atoms with E-state index in [1.54, 1.807) is 0 Å². The van der Waals surface area contributed by atoms with E-state index in [1.165, 1.54) is 0 Å². The quantitative estimate of drug-likeness (QED) is 0.146. The van der Waals surface area contributed by atoms with Crippen molar-refractivity contribution in [1.29, 1.82) is 0 Å². The van der Waals surface area contributed by atoms with Gasteiger partial charge in [0, 0.05) is 21.5 Å². The zero-order chi connectivity index (χ0) is 24.6. The summed E-state index contributed by atoms with van der Waals surface area (Å²) in [6.45, 7) is 4.30. The van der Waals surface area contributed by atoms with Crippen LogP contribution in [0.2, 0.25) is 0 Å². The Bertz CT molecular complexity index is 1270. The maximum Gasteiger partial charge on any atom is 0.135 e. The molecule has 0 aromatic heterocycles. The van der Waals surface area contributed by atoms with Crippen LogP contribution in [0.5, 0.6) is 23.0 Å². The van der Waals surface area contributed by atoms with E-state index >= 15 is 0 Å². The van der Waals surface area contributed by atoms with Gasteiger partial charge in [-0.15, -0.1) is 0 Å². The van der Waals surface area contributed by atoms with E-state index in [4.69, 9.17) is 28.4 Å². The van der Waals surface area contributed by atoms with Gasteiger partial charge < -0.3 is 33.5 Å². The van der Waals surface area contributed by atoms with Crippen molar-refractivity contribution in [2.75, 3.05) is 52.9 Å². The van der Waals surface area contributed by atoms with Crippen LogP contribution in [0.25, 0.3) is 21.5 Å². The molecule has 0 spiro atoms. The Hall–Kier alpha value is -3.36. The third kappa shape index (κ3) is 6.25. The summed E-state index contributed by atoms with van der Waals surface area (Å²) < 4.78 is 33.9. The van der Waals surface area contributed by atoms with E-state index in [-0.39, 0.29) is 11.9 Å². The summed E-state index contributed by atoms with van der Waals surface area (Å²) in [7, 11) is 0. The second-order valence-electron chi connectivity index (χ2n) is 8.45. The predicted molar refractivity (Wildman–Crippen MR) is 137 cm³/mol. The molecule has 4 aromatic carbocycles. The highest BCUT2D eigenvalue weighted by Gasteiger charge is 2.22. The van der Waals surface area contributed by atoms with Gasteiger partial charge in [0.2, 0.25) is 0 Å². The zero-order valence-corrected chi connectivity index (χ0v) is 20.1. The summed E-state index contributed by atoms with van der Waals surface area (Å²) >= 11 is 0. The number of hydrogen-bond donors (Lipinski definition) is 1. The summed E-state index contributed by atoms with van der Waals surface area (Å²) in [6.07, 6.45) is 0.279. The van der Waals surface area contributed by atoms with Crippen molar-refractivity contribution in [3.8, 4) is 23.0 Å². The van der Waals surface area contributed by atoms with Crippen molar-refractivity contribution in [1.82, 2.24) is 0 Å². The average Bonchev–Trinajstić information content (AvgIpc) is 3.74. The highest BCUT2D eigenvalue weighted by molar-refractivity contribution is 6.11. The Kier molecular flexibility index (Phi) is 8.15. The Labute approximate surface area is 210 Å². The third-order valence-electron chi connectivity index (χ3n) is 5.82. The van der Waals surface area contributed by atoms with Crippen molar-refractivity contribution in [3.63, 3.8) is 0 Å². The van der Waals surface area contributed by atoms with Crippen LogP contribution in [0, 0.1) is 0 Å². The SMILES string of the molecule is Oc1c2ccccc2c(OCCOCCOCCOCC2CO2)c2ccc(Oc3ccccc3)cc12. The molecule has 1 heterocycles. The Morgan fingerprint density at radius 1 is 0.667 bits per heavy atom. The molecule has 0 radical (unpaired) electrons. The molecule has 5 rings (SSSR count). The van der Waals surface area contributed by atoms with Gasteiger partial charge in [-0.25, -0.2) is 0 Å². The van der Waals surface area contributed by atoms with Crippen LogP contribution < -0.4 is 9.47 Å². The fourth-order valence-electron chi connectivity index (χ4n) is 3.96. The van der Waals surface area contributed by atoms with E-state index in [2.05, 4.69) is 0 Å². The van der Waals surface area contributed by atoms with E-state index in [0.717, 1.165) is 28.5 Å². The third-order valence-corrected chi connectivity index (χ3v) is 5.82. The summed E-state index contributed by atoms with van der Waals surface area (Å²) in [4.78, 5) is 0. The number of rotatable bonds is 14. The fraction of sp³-hybridized carbons (Fsp3) is 0.310. The largest absolute Gasteiger partial charge is 0.507 e. The first kappa shape index (κ1) is 24.3. The first-order valence-electron chi connectivity index (χ1n) is 12.2. The lowest BCUT2D eigenvalue weighted by Gasteiger charge is -2.16. The molecule has 1 saturated heterocycles. The van der Waals surface area contributed by atoms with E-state index < -0.39 is 0 Å². The van der Waals surface area contributed by atoms with Crippen LogP contribution in [0.3, 0.4) is 0 Å². The molecule has 7 heteroatoms. The zero-order valence-electron chi connectivity index (χ0n) is 20.1. The summed E-state index contributed by atoms with van der Waals surface area (Å²) in [5.41, 5.74) is 0. The lowest BCUT2D eigenvalue weighted by molar-refractivity contribution is 0.00722. The van der Waals surface area contributed by atoms with Crippen molar-refractivity contribution in [2.45, 2.75) is 6.10 Å². The minimum Gasteiger partial charge on any atom is -0.507 e. The molecule has 0 aliphatic carbocycles.